The minimum absolute atomic E-state index is 0.0401. The molecule has 0 saturated carbocycles. The molecule has 0 heterocycles. The summed E-state index contributed by atoms with van der Waals surface area (Å²) in [5.41, 5.74) is 0. The number of carbonyl (C=O) groups excluding carboxylic acids is 2. The smallest absolute Gasteiger partial charge is 0.456 e. The van der Waals surface area contributed by atoms with E-state index in [1.807, 2.05) is 33.3 Å². The molecule has 0 aromatic carbocycles. The second kappa shape index (κ2) is 57.9. The van der Waals surface area contributed by atoms with Crippen LogP contribution in [0.1, 0.15) is 310 Å². The lowest BCUT2D eigenvalue weighted by Crippen LogP contribution is -2.47. The van der Waals surface area contributed by atoms with E-state index in [0.29, 0.717) is 23.9 Å². The standard InChI is InChI=1S/C68H127N2O7P/c1-7-10-13-16-19-22-25-28-29-30-31-32-33-34-35-36-37-38-39-40-41-43-45-48-51-54-57-60-67(71)69-65(64-76-78(73,74)75-63-62-70(4,5)6)66(59-56-53-50-47-44-27-24-21-18-15-12-9-3)77-68(72)61-58-55-52-49-46-42-26-23-20-17-14-11-8-2/h19,22,28-29,31-32,34-35,56,59,65-66H,7-18,20-21,23-27,30,33,36-55,57-58,60-64H2,1-6H3,(H-,69,71,73,74)/p+1/b22-19-,29-28-,32-31-,35-34-,59-56-. The Morgan fingerprint density at radius 3 is 1.19 bits per heavy atom. The molecule has 0 aliphatic rings. The summed E-state index contributed by atoms with van der Waals surface area (Å²) in [6, 6.07) is -0.848. The molecule has 0 saturated heterocycles. The Bertz CT molecular complexity index is 1520. The van der Waals surface area contributed by atoms with Crippen LogP contribution < -0.4 is 5.32 Å². The van der Waals surface area contributed by atoms with Crippen LogP contribution in [0.4, 0.5) is 0 Å². The Balaban J connectivity index is 5.04. The molecule has 0 spiro atoms. The van der Waals surface area contributed by atoms with Gasteiger partial charge in [0.2, 0.25) is 5.91 Å². The second-order valence-electron chi connectivity index (χ2n) is 23.6. The van der Waals surface area contributed by atoms with Crippen LogP contribution in [0.15, 0.2) is 60.8 Å². The van der Waals surface area contributed by atoms with Crippen molar-refractivity contribution in [2.24, 2.45) is 0 Å². The van der Waals surface area contributed by atoms with Crippen LogP contribution in [0.3, 0.4) is 0 Å². The number of allylic oxidation sites excluding steroid dienone is 9. The van der Waals surface area contributed by atoms with Crippen LogP contribution in [0.25, 0.3) is 0 Å². The van der Waals surface area contributed by atoms with E-state index in [0.717, 1.165) is 77.0 Å². The Hall–Kier alpha value is -2.29. The summed E-state index contributed by atoms with van der Waals surface area (Å²) in [7, 11) is 1.50. The number of hydrogen-bond acceptors (Lipinski definition) is 6. The maximum absolute atomic E-state index is 13.6. The van der Waals surface area contributed by atoms with Crippen LogP contribution in [0, 0.1) is 0 Å². The van der Waals surface area contributed by atoms with E-state index in [9.17, 15) is 19.0 Å². The molecular formula is C68H128N2O7P+. The van der Waals surface area contributed by atoms with E-state index >= 15 is 0 Å². The number of amides is 1. The van der Waals surface area contributed by atoms with Gasteiger partial charge in [-0.1, -0.05) is 281 Å². The van der Waals surface area contributed by atoms with Crippen molar-refractivity contribution < 1.29 is 37.3 Å². The number of likely N-dealkylation sites (N-methyl/N-ethyl adjacent to an activating group) is 1. The zero-order valence-electron chi connectivity index (χ0n) is 52.2. The van der Waals surface area contributed by atoms with Gasteiger partial charge in [-0.25, -0.2) is 4.57 Å². The highest BCUT2D eigenvalue weighted by Gasteiger charge is 2.30. The number of unbranched alkanes of at least 4 members (excludes halogenated alkanes) is 36. The summed E-state index contributed by atoms with van der Waals surface area (Å²) >= 11 is 0. The maximum atomic E-state index is 13.6. The van der Waals surface area contributed by atoms with Crippen LogP contribution in [0.2, 0.25) is 0 Å². The minimum Gasteiger partial charge on any atom is -0.456 e. The Labute approximate surface area is 483 Å². The highest BCUT2D eigenvalue weighted by molar-refractivity contribution is 7.47. The number of rotatable bonds is 60. The summed E-state index contributed by atoms with van der Waals surface area (Å²) in [6.07, 6.45) is 73.6. The first-order chi connectivity index (χ1) is 37.9. The zero-order chi connectivity index (χ0) is 57.2. The number of quaternary nitrogens is 1. The fourth-order valence-electron chi connectivity index (χ4n) is 9.57. The van der Waals surface area contributed by atoms with Gasteiger partial charge in [-0.2, -0.15) is 0 Å². The Morgan fingerprint density at radius 2 is 0.782 bits per heavy atom. The van der Waals surface area contributed by atoms with Crippen molar-refractivity contribution in [2.45, 2.75) is 322 Å². The molecule has 9 nitrogen and oxygen atoms in total. The van der Waals surface area contributed by atoms with Gasteiger partial charge in [0.15, 0.2) is 0 Å². The van der Waals surface area contributed by atoms with Gasteiger partial charge >= 0.3 is 13.8 Å². The first-order valence-electron chi connectivity index (χ1n) is 33.1. The number of phosphoric ester groups is 1. The van der Waals surface area contributed by atoms with Crippen LogP contribution >= 0.6 is 7.82 Å². The Morgan fingerprint density at radius 1 is 0.449 bits per heavy atom. The second-order valence-corrected chi connectivity index (χ2v) is 25.1. The molecule has 0 aromatic heterocycles. The molecule has 78 heavy (non-hydrogen) atoms. The summed E-state index contributed by atoms with van der Waals surface area (Å²) < 4.78 is 30.7. The lowest BCUT2D eigenvalue weighted by atomic mass is 10.0. The SMILES string of the molecule is CCCCC/C=C\C/C=C\C/C=C\C/C=C\CCCCCCCCCCCCCC(=O)NC(COP(=O)(O)OCC[N+](C)(C)C)C(/C=C\CCCCCCCCCCCC)OC(=O)CCCCCCCCCCCCCCC. The van der Waals surface area contributed by atoms with Crippen LogP contribution in [-0.4, -0.2) is 74.3 Å². The fraction of sp³-hybridized carbons (Fsp3) is 0.824. The maximum Gasteiger partial charge on any atom is 0.472 e. The molecular weight excluding hydrogens is 988 g/mol. The van der Waals surface area contributed by atoms with E-state index in [2.05, 4.69) is 74.7 Å². The summed E-state index contributed by atoms with van der Waals surface area (Å²) in [5.74, 6) is -0.499. The molecule has 0 aliphatic heterocycles. The van der Waals surface area contributed by atoms with Gasteiger partial charge in [0, 0.05) is 12.8 Å². The highest BCUT2D eigenvalue weighted by Crippen LogP contribution is 2.43. The molecule has 456 valence electrons. The third-order valence-corrected chi connectivity index (χ3v) is 15.7. The van der Waals surface area contributed by atoms with E-state index < -0.39 is 20.0 Å². The van der Waals surface area contributed by atoms with Gasteiger partial charge in [0.1, 0.15) is 19.3 Å². The largest absolute Gasteiger partial charge is 0.472 e. The summed E-state index contributed by atoms with van der Waals surface area (Å²) in [6.45, 7) is 7.00. The molecule has 0 aliphatic carbocycles. The first-order valence-corrected chi connectivity index (χ1v) is 34.6. The van der Waals surface area contributed by atoms with Crippen LogP contribution in [-0.2, 0) is 27.9 Å². The average Bonchev–Trinajstić information content (AvgIpc) is 3.40. The molecule has 2 N–H and O–H groups in total. The van der Waals surface area contributed by atoms with E-state index in [1.165, 1.54) is 199 Å². The molecule has 0 aromatic rings. The number of esters is 1. The summed E-state index contributed by atoms with van der Waals surface area (Å²) in [5, 5.41) is 3.06. The van der Waals surface area contributed by atoms with Crippen molar-refractivity contribution in [1.29, 1.82) is 0 Å². The highest BCUT2D eigenvalue weighted by atomic mass is 31.2. The molecule has 0 fully saturated rings. The van der Waals surface area contributed by atoms with Gasteiger partial charge in [0.25, 0.3) is 0 Å². The van der Waals surface area contributed by atoms with Gasteiger partial charge < -0.3 is 19.4 Å². The molecule has 10 heteroatoms. The van der Waals surface area contributed by atoms with Crippen molar-refractivity contribution in [3.8, 4) is 0 Å². The topological polar surface area (TPSA) is 111 Å². The molecule has 0 rings (SSSR count). The van der Waals surface area contributed by atoms with Crippen LogP contribution in [0.5, 0.6) is 0 Å². The van der Waals surface area contributed by atoms with Gasteiger partial charge in [0.05, 0.1) is 33.8 Å². The summed E-state index contributed by atoms with van der Waals surface area (Å²) in [4.78, 5) is 37.7. The molecule has 0 radical (unpaired) electrons. The lowest BCUT2D eigenvalue weighted by molar-refractivity contribution is -0.870. The van der Waals surface area contributed by atoms with Gasteiger partial charge in [-0.15, -0.1) is 0 Å². The van der Waals surface area contributed by atoms with Gasteiger partial charge in [-0.05, 0) is 76.7 Å². The van der Waals surface area contributed by atoms with Crippen molar-refractivity contribution in [1.82, 2.24) is 5.32 Å². The van der Waals surface area contributed by atoms with Crippen molar-refractivity contribution in [3.05, 3.63) is 60.8 Å². The number of phosphoric acid groups is 1. The monoisotopic (exact) mass is 1120 g/mol. The van der Waals surface area contributed by atoms with E-state index in [4.69, 9.17) is 13.8 Å². The normalized spacial score (nSPS) is 14.0. The van der Waals surface area contributed by atoms with Crippen molar-refractivity contribution in [3.63, 3.8) is 0 Å². The van der Waals surface area contributed by atoms with E-state index in [1.54, 1.807) is 0 Å². The molecule has 1 amide bonds. The third-order valence-electron chi connectivity index (χ3n) is 14.7. The number of nitrogens with one attached hydrogen (secondary N) is 1. The minimum atomic E-state index is -4.45. The number of carbonyl (C=O) groups is 2. The fourth-order valence-corrected chi connectivity index (χ4v) is 10.3. The number of hydrogen-bond donors (Lipinski definition) is 2. The number of ether oxygens (including phenoxy) is 1. The van der Waals surface area contributed by atoms with Gasteiger partial charge in [-0.3, -0.25) is 18.6 Å². The molecule has 3 unspecified atom stereocenters. The first kappa shape index (κ1) is 75.7. The lowest BCUT2D eigenvalue weighted by Gasteiger charge is -2.27. The van der Waals surface area contributed by atoms with Crippen molar-refractivity contribution in [2.75, 3.05) is 40.9 Å². The quantitative estimate of drug-likeness (QED) is 0.0205. The van der Waals surface area contributed by atoms with E-state index in [-0.39, 0.29) is 25.1 Å². The average molecular weight is 1120 g/mol. The third kappa shape index (κ3) is 58.4. The zero-order valence-corrected chi connectivity index (χ0v) is 53.1. The van der Waals surface area contributed by atoms with Crippen molar-refractivity contribution >= 4 is 19.7 Å². The molecule has 3 atom stereocenters. The number of nitrogens with zero attached hydrogens (tertiary/aromatic N) is 1. The Kier molecular flexibility index (Phi) is 56.2. The predicted molar refractivity (Wildman–Crippen MR) is 337 cm³/mol. The molecule has 0 bridgehead atoms. The predicted octanol–water partition coefficient (Wildman–Crippen LogP) is 20.6.